The van der Waals surface area contributed by atoms with Gasteiger partial charge in [-0.15, -0.1) is 0 Å². The molecular weight excluding hydrogens is 468 g/mol. The highest BCUT2D eigenvalue weighted by Gasteiger charge is 2.32. The normalized spacial score (nSPS) is 15.4. The minimum Gasteiger partial charge on any atom is -0.480 e. The number of ether oxygens (including phenoxy) is 1. The number of likely N-dealkylation sites (N-methyl/N-ethyl adjacent to an activating group) is 1. The van der Waals surface area contributed by atoms with Crippen molar-refractivity contribution < 1.29 is 19.4 Å². The lowest BCUT2D eigenvalue weighted by Gasteiger charge is -2.23. The summed E-state index contributed by atoms with van der Waals surface area (Å²) in [7, 11) is 3.12. The van der Waals surface area contributed by atoms with Crippen LogP contribution in [0.2, 0.25) is 0 Å². The van der Waals surface area contributed by atoms with Gasteiger partial charge in [0.25, 0.3) is 17.2 Å². The van der Waals surface area contributed by atoms with Gasteiger partial charge < -0.3 is 29.9 Å². The molecule has 0 aliphatic carbocycles. The van der Waals surface area contributed by atoms with Crippen LogP contribution in [0.25, 0.3) is 16.7 Å². The average Bonchev–Trinajstić information content (AvgIpc) is 3.55. The van der Waals surface area contributed by atoms with Crippen molar-refractivity contribution in [3.8, 4) is 5.75 Å². The highest BCUT2D eigenvalue weighted by atomic mass is 16.5. The maximum Gasteiger partial charge on any atom is 0.326 e. The number of carbonyl (C=O) groups is 2. The first-order valence-corrected chi connectivity index (χ1v) is 11.3. The van der Waals surface area contributed by atoms with Crippen LogP contribution in [0.4, 0.5) is 17.3 Å². The Morgan fingerprint density at radius 2 is 2.08 bits per heavy atom. The fraction of sp³-hybridized carbons (Fsp3) is 0.304. The van der Waals surface area contributed by atoms with Crippen molar-refractivity contribution in [2.24, 2.45) is 7.05 Å². The van der Waals surface area contributed by atoms with Crippen LogP contribution < -0.4 is 25.8 Å². The number of rotatable bonds is 7. The molecule has 36 heavy (non-hydrogen) atoms. The molecule has 1 atom stereocenters. The maximum atomic E-state index is 12.6. The number of carbonyl (C=O) groups excluding carboxylic acids is 1. The molecule has 4 heterocycles. The Balaban J connectivity index is 1.51. The Bertz CT molecular complexity index is 1550. The van der Waals surface area contributed by atoms with Crippen molar-refractivity contribution >= 4 is 45.9 Å². The van der Waals surface area contributed by atoms with Crippen molar-refractivity contribution in [3.63, 3.8) is 0 Å². The number of carboxylic acids is 1. The molecule has 4 aromatic rings. The summed E-state index contributed by atoms with van der Waals surface area (Å²) in [6, 6.07) is 8.13. The molecular formula is C23H24N8O5. The van der Waals surface area contributed by atoms with Crippen LogP contribution >= 0.6 is 0 Å². The molecule has 1 aliphatic heterocycles. The highest BCUT2D eigenvalue weighted by molar-refractivity contribution is 5.85. The lowest BCUT2D eigenvalue weighted by molar-refractivity contribution is -0.138. The van der Waals surface area contributed by atoms with Crippen LogP contribution in [0.3, 0.4) is 0 Å². The third-order valence-corrected chi connectivity index (χ3v) is 6.17. The molecule has 0 bridgehead atoms. The summed E-state index contributed by atoms with van der Waals surface area (Å²) in [4.78, 5) is 46.3. The molecule has 0 spiro atoms. The van der Waals surface area contributed by atoms with Gasteiger partial charge in [0, 0.05) is 37.8 Å². The van der Waals surface area contributed by atoms with Crippen molar-refractivity contribution in [2.45, 2.75) is 18.9 Å². The Labute approximate surface area is 204 Å². The van der Waals surface area contributed by atoms with E-state index in [0.717, 1.165) is 6.42 Å². The molecule has 1 saturated heterocycles. The van der Waals surface area contributed by atoms with Crippen LogP contribution in [-0.2, 0) is 16.6 Å². The lowest BCUT2D eigenvalue weighted by Crippen LogP contribution is -2.36. The summed E-state index contributed by atoms with van der Waals surface area (Å²) in [6.45, 7) is 0.309. The second kappa shape index (κ2) is 9.17. The van der Waals surface area contributed by atoms with E-state index in [1.807, 2.05) is 12.1 Å². The predicted octanol–water partition coefficient (Wildman–Crippen LogP) is 0.898. The Morgan fingerprint density at radius 3 is 2.86 bits per heavy atom. The largest absolute Gasteiger partial charge is 0.480 e. The minimum absolute atomic E-state index is 0.0596. The van der Waals surface area contributed by atoms with Crippen molar-refractivity contribution in [1.82, 2.24) is 29.5 Å². The monoisotopic (exact) mass is 492 g/mol. The van der Waals surface area contributed by atoms with E-state index < -0.39 is 12.0 Å². The number of pyridine rings is 1. The first kappa shape index (κ1) is 23.1. The molecule has 1 aromatic carbocycles. The van der Waals surface area contributed by atoms with Gasteiger partial charge in [0.05, 0.1) is 5.52 Å². The highest BCUT2D eigenvalue weighted by Crippen LogP contribution is 2.29. The van der Waals surface area contributed by atoms with E-state index in [-0.39, 0.29) is 23.8 Å². The molecule has 186 valence electrons. The minimum atomic E-state index is -0.889. The molecule has 3 aromatic heterocycles. The van der Waals surface area contributed by atoms with E-state index in [1.165, 1.54) is 22.5 Å². The van der Waals surface area contributed by atoms with Crippen LogP contribution in [0, 0.1) is 0 Å². The van der Waals surface area contributed by atoms with Gasteiger partial charge in [-0.1, -0.05) is 0 Å². The summed E-state index contributed by atoms with van der Waals surface area (Å²) in [5.41, 5.74) is 1.01. The number of amides is 1. The van der Waals surface area contributed by atoms with Gasteiger partial charge in [-0.3, -0.25) is 9.59 Å². The topological polar surface area (TPSA) is 156 Å². The van der Waals surface area contributed by atoms with Crippen molar-refractivity contribution in [1.29, 1.82) is 0 Å². The van der Waals surface area contributed by atoms with E-state index in [0.29, 0.717) is 47.0 Å². The SMILES string of the molecule is CNC(=O)COc1cc2cc(Nc3cc(N4CCCC4C(=O)O)nc4ncnn34)ccc2n(C)c1=O. The van der Waals surface area contributed by atoms with Gasteiger partial charge in [-0.2, -0.15) is 19.6 Å². The Morgan fingerprint density at radius 1 is 1.25 bits per heavy atom. The fourth-order valence-corrected chi connectivity index (χ4v) is 4.33. The van der Waals surface area contributed by atoms with Crippen LogP contribution in [-0.4, -0.2) is 67.4 Å². The van der Waals surface area contributed by atoms with E-state index in [2.05, 4.69) is 25.7 Å². The first-order chi connectivity index (χ1) is 17.4. The van der Waals surface area contributed by atoms with Gasteiger partial charge in [0.15, 0.2) is 12.4 Å². The molecule has 1 amide bonds. The summed E-state index contributed by atoms with van der Waals surface area (Å²) >= 11 is 0. The number of hydrogen-bond donors (Lipinski definition) is 3. The number of anilines is 3. The Hall–Kier alpha value is -4.68. The third-order valence-electron chi connectivity index (χ3n) is 6.17. The van der Waals surface area contributed by atoms with E-state index in [4.69, 9.17) is 4.74 Å². The van der Waals surface area contributed by atoms with Gasteiger partial charge in [-0.25, -0.2) is 4.79 Å². The summed E-state index contributed by atoms with van der Waals surface area (Å²) in [6.07, 6.45) is 2.68. The lowest BCUT2D eigenvalue weighted by atomic mass is 10.2. The van der Waals surface area contributed by atoms with Crippen LogP contribution in [0.5, 0.6) is 5.75 Å². The smallest absolute Gasteiger partial charge is 0.326 e. The summed E-state index contributed by atoms with van der Waals surface area (Å²) in [5.74, 6) is 0.198. The zero-order valence-corrected chi connectivity index (χ0v) is 19.6. The van der Waals surface area contributed by atoms with E-state index >= 15 is 0 Å². The molecule has 3 N–H and O–H groups in total. The molecule has 13 heteroatoms. The molecule has 13 nitrogen and oxygen atoms in total. The van der Waals surface area contributed by atoms with Crippen molar-refractivity contribution in [3.05, 3.63) is 47.0 Å². The standard InChI is InChI=1S/C23H24N8O5/c1-24-20(32)11-36-17-9-13-8-14(5-6-15(13)29(2)21(17)33)27-19-10-18(28-23-25-12-26-31(19)23)30-7-3-4-16(30)22(34)35/h5-6,8-10,12,16,27H,3-4,7,11H2,1-2H3,(H,24,32)(H,34,35). The van der Waals surface area contributed by atoms with Crippen molar-refractivity contribution in [2.75, 3.05) is 30.4 Å². The number of fused-ring (bicyclic) bond motifs is 2. The van der Waals surface area contributed by atoms with Gasteiger partial charge in [-0.05, 0) is 37.1 Å². The Kier molecular flexibility index (Phi) is 5.88. The van der Waals surface area contributed by atoms with Gasteiger partial charge in [0.2, 0.25) is 0 Å². The summed E-state index contributed by atoms with van der Waals surface area (Å²) in [5, 5.41) is 20.3. The van der Waals surface area contributed by atoms with Crippen LogP contribution in [0.1, 0.15) is 12.8 Å². The predicted molar refractivity (Wildman–Crippen MR) is 131 cm³/mol. The number of nitrogens with one attached hydrogen (secondary N) is 2. The number of carboxylic acid groups (broad SMARTS) is 1. The zero-order chi connectivity index (χ0) is 25.4. The molecule has 1 unspecified atom stereocenters. The molecule has 1 aliphatic rings. The maximum absolute atomic E-state index is 12.6. The second-order valence-corrected chi connectivity index (χ2v) is 8.39. The van der Waals surface area contributed by atoms with E-state index in [1.54, 1.807) is 30.1 Å². The van der Waals surface area contributed by atoms with Gasteiger partial charge >= 0.3 is 5.97 Å². The van der Waals surface area contributed by atoms with Gasteiger partial charge in [0.1, 0.15) is 24.0 Å². The number of benzene rings is 1. The molecule has 1 fully saturated rings. The number of aromatic nitrogens is 5. The molecule has 5 rings (SSSR count). The van der Waals surface area contributed by atoms with E-state index in [9.17, 15) is 19.5 Å². The van der Waals surface area contributed by atoms with Crippen LogP contribution in [0.15, 0.2) is 41.5 Å². The zero-order valence-electron chi connectivity index (χ0n) is 19.6. The third kappa shape index (κ3) is 4.15. The number of nitrogens with zero attached hydrogens (tertiary/aromatic N) is 6. The second-order valence-electron chi connectivity index (χ2n) is 8.39. The first-order valence-electron chi connectivity index (χ1n) is 11.3. The number of hydrogen-bond acceptors (Lipinski definition) is 9. The number of aliphatic carboxylic acids is 1. The summed E-state index contributed by atoms with van der Waals surface area (Å²) < 4.78 is 8.42. The number of aryl methyl sites for hydroxylation is 1. The fourth-order valence-electron chi connectivity index (χ4n) is 4.33. The average molecular weight is 492 g/mol. The quantitative estimate of drug-likeness (QED) is 0.339. The molecule has 0 radical (unpaired) electrons. The molecule has 0 saturated carbocycles.